The zero-order valence-corrected chi connectivity index (χ0v) is 32.6. The zero-order valence-electron chi connectivity index (χ0n) is 32.6. The van der Waals surface area contributed by atoms with Gasteiger partial charge in [0.05, 0.1) is 0 Å². The predicted octanol–water partition coefficient (Wildman–Crippen LogP) is 12.6. The van der Waals surface area contributed by atoms with E-state index < -0.39 is 6.10 Å². The summed E-state index contributed by atoms with van der Waals surface area (Å²) >= 11 is 0. The lowest BCUT2D eigenvalue weighted by Gasteiger charge is -2.18. The highest BCUT2D eigenvalue weighted by Gasteiger charge is 2.19. The van der Waals surface area contributed by atoms with E-state index in [1.807, 2.05) is 0 Å². The van der Waals surface area contributed by atoms with Crippen molar-refractivity contribution < 1.29 is 28.6 Å². The first-order chi connectivity index (χ1) is 23.3. The predicted molar refractivity (Wildman–Crippen MR) is 201 cm³/mol. The molecule has 0 aliphatic carbocycles. The van der Waals surface area contributed by atoms with E-state index in [1.165, 1.54) is 109 Å². The summed E-state index contributed by atoms with van der Waals surface area (Å²) in [6.45, 7) is 11.2. The third-order valence-electron chi connectivity index (χ3n) is 9.58. The van der Waals surface area contributed by atoms with Crippen LogP contribution < -0.4 is 0 Å². The lowest BCUT2D eigenvalue weighted by atomic mass is 10.00. The van der Waals surface area contributed by atoms with Gasteiger partial charge in [0.1, 0.15) is 13.2 Å². The fourth-order valence-corrected chi connectivity index (χ4v) is 6.01. The number of ether oxygens (including phenoxy) is 3. The van der Waals surface area contributed by atoms with Crippen molar-refractivity contribution in [3.05, 3.63) is 0 Å². The molecule has 0 aromatic rings. The van der Waals surface area contributed by atoms with Crippen molar-refractivity contribution in [2.45, 2.75) is 227 Å². The van der Waals surface area contributed by atoms with Crippen LogP contribution in [0, 0.1) is 11.8 Å². The largest absolute Gasteiger partial charge is 0.462 e. The van der Waals surface area contributed by atoms with Gasteiger partial charge in [-0.3, -0.25) is 14.4 Å². The van der Waals surface area contributed by atoms with Gasteiger partial charge in [0, 0.05) is 19.3 Å². The van der Waals surface area contributed by atoms with Crippen LogP contribution in [0.1, 0.15) is 221 Å². The number of carbonyl (C=O) groups excluding carboxylic acids is 3. The van der Waals surface area contributed by atoms with Crippen LogP contribution in [0.3, 0.4) is 0 Å². The lowest BCUT2D eigenvalue weighted by molar-refractivity contribution is -0.167. The second-order valence-corrected chi connectivity index (χ2v) is 15.0. The molecule has 6 heteroatoms. The van der Waals surface area contributed by atoms with Crippen LogP contribution in [0.15, 0.2) is 0 Å². The first-order valence-electron chi connectivity index (χ1n) is 20.8. The van der Waals surface area contributed by atoms with Crippen LogP contribution in [-0.2, 0) is 28.6 Å². The minimum Gasteiger partial charge on any atom is -0.462 e. The maximum absolute atomic E-state index is 12.6. The Labute approximate surface area is 298 Å². The van der Waals surface area contributed by atoms with E-state index in [0.29, 0.717) is 19.3 Å². The van der Waals surface area contributed by atoms with Crippen LogP contribution in [-0.4, -0.2) is 37.2 Å². The minimum atomic E-state index is -0.760. The summed E-state index contributed by atoms with van der Waals surface area (Å²) in [4.78, 5) is 37.5. The number of esters is 3. The van der Waals surface area contributed by atoms with Crippen molar-refractivity contribution in [2.75, 3.05) is 13.2 Å². The van der Waals surface area contributed by atoms with Crippen molar-refractivity contribution in [2.24, 2.45) is 11.8 Å². The first kappa shape index (κ1) is 46.4. The van der Waals surface area contributed by atoms with Gasteiger partial charge in [0.25, 0.3) is 0 Å². The van der Waals surface area contributed by atoms with Crippen molar-refractivity contribution in [1.29, 1.82) is 0 Å². The molecular formula is C42H80O6. The van der Waals surface area contributed by atoms with Crippen LogP contribution >= 0.6 is 0 Å². The fraction of sp³-hybridized carbons (Fsp3) is 0.929. The molecule has 0 bridgehead atoms. The van der Waals surface area contributed by atoms with Crippen LogP contribution in [0.25, 0.3) is 0 Å². The molecule has 0 aromatic carbocycles. The molecule has 6 nitrogen and oxygen atoms in total. The van der Waals surface area contributed by atoms with Gasteiger partial charge in [-0.2, -0.15) is 0 Å². The fourth-order valence-electron chi connectivity index (χ4n) is 6.01. The molecule has 0 aliphatic rings. The van der Waals surface area contributed by atoms with Crippen LogP contribution in [0.2, 0.25) is 0 Å². The van der Waals surface area contributed by atoms with E-state index in [0.717, 1.165) is 69.6 Å². The van der Waals surface area contributed by atoms with E-state index in [-0.39, 0.29) is 31.1 Å². The summed E-state index contributed by atoms with van der Waals surface area (Å²) < 4.78 is 16.6. The van der Waals surface area contributed by atoms with Gasteiger partial charge in [-0.05, 0) is 31.1 Å². The Morgan fingerprint density at radius 2 is 0.792 bits per heavy atom. The van der Waals surface area contributed by atoms with E-state index in [4.69, 9.17) is 14.2 Å². The molecule has 0 fully saturated rings. The SMILES string of the molecule is CCCCCCCCCCCCCC(=O)OC[C@@H](COC(=O)CCCCCCCCC(C)CC)OC(=O)CCCCCCCCC(C)C. The van der Waals surface area contributed by atoms with Crippen molar-refractivity contribution in [1.82, 2.24) is 0 Å². The molecular weight excluding hydrogens is 600 g/mol. The van der Waals surface area contributed by atoms with Crippen molar-refractivity contribution >= 4 is 17.9 Å². The number of carbonyl (C=O) groups is 3. The highest BCUT2D eigenvalue weighted by Crippen LogP contribution is 2.16. The van der Waals surface area contributed by atoms with Gasteiger partial charge in [0.15, 0.2) is 6.10 Å². The molecule has 0 amide bonds. The molecule has 0 saturated heterocycles. The Bertz CT molecular complexity index is 736. The van der Waals surface area contributed by atoms with E-state index in [2.05, 4.69) is 34.6 Å². The molecule has 0 heterocycles. The van der Waals surface area contributed by atoms with Gasteiger partial charge in [-0.1, -0.05) is 182 Å². The molecule has 48 heavy (non-hydrogen) atoms. The first-order valence-corrected chi connectivity index (χ1v) is 20.8. The highest BCUT2D eigenvalue weighted by molar-refractivity contribution is 5.71. The number of hydrogen-bond acceptors (Lipinski definition) is 6. The molecule has 0 N–H and O–H groups in total. The normalized spacial score (nSPS) is 12.6. The standard InChI is InChI=1S/C42H80O6/c1-6-8-9-10-11-12-13-14-15-22-27-32-40(43)46-35-39(48-42(45)34-29-24-18-16-20-25-30-37(3)4)36-47-41(44)33-28-23-19-17-21-26-31-38(5)7-2/h37-39H,6-36H2,1-5H3/t38?,39-/m0/s1. The summed E-state index contributed by atoms with van der Waals surface area (Å²) in [5.41, 5.74) is 0. The van der Waals surface area contributed by atoms with E-state index in [1.54, 1.807) is 0 Å². The molecule has 0 aromatic heterocycles. The number of rotatable bonds is 36. The van der Waals surface area contributed by atoms with E-state index in [9.17, 15) is 14.4 Å². The summed E-state index contributed by atoms with van der Waals surface area (Å²) in [6.07, 6.45) is 31.0. The Balaban J connectivity index is 4.36. The Hall–Kier alpha value is -1.59. The third-order valence-corrected chi connectivity index (χ3v) is 9.58. The smallest absolute Gasteiger partial charge is 0.306 e. The van der Waals surface area contributed by atoms with Crippen molar-refractivity contribution in [3.63, 3.8) is 0 Å². The molecule has 0 saturated carbocycles. The Kier molecular flexibility index (Phi) is 34.1. The number of unbranched alkanes of at least 4 members (excludes halogenated alkanes) is 20. The van der Waals surface area contributed by atoms with Gasteiger partial charge < -0.3 is 14.2 Å². The maximum Gasteiger partial charge on any atom is 0.306 e. The second kappa shape index (κ2) is 35.2. The monoisotopic (exact) mass is 681 g/mol. The van der Waals surface area contributed by atoms with E-state index >= 15 is 0 Å². The van der Waals surface area contributed by atoms with Gasteiger partial charge in [0.2, 0.25) is 0 Å². The molecule has 1 unspecified atom stereocenters. The van der Waals surface area contributed by atoms with Crippen LogP contribution in [0.4, 0.5) is 0 Å². The average Bonchev–Trinajstić information content (AvgIpc) is 3.06. The van der Waals surface area contributed by atoms with Gasteiger partial charge >= 0.3 is 17.9 Å². The number of hydrogen-bond donors (Lipinski definition) is 0. The topological polar surface area (TPSA) is 78.9 Å². The lowest BCUT2D eigenvalue weighted by Crippen LogP contribution is -2.30. The van der Waals surface area contributed by atoms with Gasteiger partial charge in [-0.25, -0.2) is 0 Å². The maximum atomic E-state index is 12.6. The molecule has 0 radical (unpaired) electrons. The van der Waals surface area contributed by atoms with Crippen LogP contribution in [0.5, 0.6) is 0 Å². The van der Waals surface area contributed by atoms with Crippen molar-refractivity contribution in [3.8, 4) is 0 Å². The zero-order chi connectivity index (χ0) is 35.5. The highest BCUT2D eigenvalue weighted by atomic mass is 16.6. The molecule has 284 valence electrons. The second-order valence-electron chi connectivity index (χ2n) is 15.0. The summed E-state index contributed by atoms with van der Waals surface area (Å²) in [6, 6.07) is 0. The quantitative estimate of drug-likeness (QED) is 0.0372. The minimum absolute atomic E-state index is 0.0671. The molecule has 2 atom stereocenters. The summed E-state index contributed by atoms with van der Waals surface area (Å²) in [5.74, 6) is 0.702. The Morgan fingerprint density at radius 1 is 0.438 bits per heavy atom. The summed E-state index contributed by atoms with van der Waals surface area (Å²) in [7, 11) is 0. The average molecular weight is 681 g/mol. The molecule has 0 rings (SSSR count). The van der Waals surface area contributed by atoms with Gasteiger partial charge in [-0.15, -0.1) is 0 Å². The molecule has 0 spiro atoms. The summed E-state index contributed by atoms with van der Waals surface area (Å²) in [5, 5.41) is 0. The third kappa shape index (κ3) is 34.3. The molecule has 0 aliphatic heterocycles. The Morgan fingerprint density at radius 3 is 1.19 bits per heavy atom.